The van der Waals surface area contributed by atoms with Gasteiger partial charge in [-0.1, -0.05) is 13.0 Å². The summed E-state index contributed by atoms with van der Waals surface area (Å²) in [5.41, 5.74) is 1.11. The molecule has 0 spiro atoms. The van der Waals surface area contributed by atoms with E-state index in [1.165, 1.54) is 12.2 Å². The molecular weight excluding hydrogens is 423 g/mol. The zero-order chi connectivity index (χ0) is 16.0. The Labute approximate surface area is 161 Å². The maximum atomic E-state index is 5.47. The molecule has 0 saturated carbocycles. The highest BCUT2D eigenvalue weighted by Gasteiger charge is 2.00. The Bertz CT molecular complexity index is 429. The van der Waals surface area contributed by atoms with Crippen LogP contribution in [0.25, 0.3) is 0 Å². The predicted molar refractivity (Wildman–Crippen MR) is 111 cm³/mol. The molecule has 0 aliphatic carbocycles. The number of guanidine groups is 1. The molecular formula is C16H29IN4OS. The van der Waals surface area contributed by atoms with Gasteiger partial charge >= 0.3 is 0 Å². The van der Waals surface area contributed by atoms with Gasteiger partial charge in [0.15, 0.2) is 5.96 Å². The van der Waals surface area contributed by atoms with Crippen molar-refractivity contribution in [1.29, 1.82) is 0 Å². The number of thioether (sulfide) groups is 1. The van der Waals surface area contributed by atoms with E-state index in [4.69, 9.17) is 4.74 Å². The fourth-order valence-corrected chi connectivity index (χ4v) is 2.28. The van der Waals surface area contributed by atoms with Gasteiger partial charge < -0.3 is 15.4 Å². The van der Waals surface area contributed by atoms with Crippen LogP contribution in [-0.4, -0.2) is 43.2 Å². The molecule has 0 amide bonds. The Kier molecular flexibility index (Phi) is 14.4. The normalized spacial score (nSPS) is 10.8. The maximum absolute atomic E-state index is 5.47. The van der Waals surface area contributed by atoms with Crippen LogP contribution in [0.1, 0.15) is 31.7 Å². The molecule has 0 bridgehead atoms. The number of ether oxygens (including phenoxy) is 1. The summed E-state index contributed by atoms with van der Waals surface area (Å²) in [5.74, 6) is 2.73. The Morgan fingerprint density at radius 3 is 2.74 bits per heavy atom. The lowest BCUT2D eigenvalue weighted by Gasteiger charge is -2.12. The number of pyridine rings is 1. The molecule has 0 aliphatic heterocycles. The highest BCUT2D eigenvalue weighted by Crippen LogP contribution is 2.07. The molecule has 2 N–H and O–H groups in total. The van der Waals surface area contributed by atoms with E-state index in [9.17, 15) is 0 Å². The number of nitrogens with zero attached hydrogens (tertiary/aromatic N) is 2. The van der Waals surface area contributed by atoms with Crippen LogP contribution in [0, 0.1) is 0 Å². The van der Waals surface area contributed by atoms with Crippen LogP contribution in [0.4, 0.5) is 0 Å². The summed E-state index contributed by atoms with van der Waals surface area (Å²) in [7, 11) is 1.79. The minimum absolute atomic E-state index is 0. The van der Waals surface area contributed by atoms with Crippen molar-refractivity contribution < 1.29 is 4.74 Å². The van der Waals surface area contributed by atoms with Crippen LogP contribution in [0.5, 0.6) is 5.88 Å². The zero-order valence-corrected chi connectivity index (χ0v) is 17.4. The molecule has 7 heteroatoms. The van der Waals surface area contributed by atoms with E-state index >= 15 is 0 Å². The third-order valence-electron chi connectivity index (χ3n) is 3.00. The van der Waals surface area contributed by atoms with Crippen LogP contribution in [0.15, 0.2) is 23.3 Å². The number of nitrogens with one attached hydrogen (secondary N) is 2. The second kappa shape index (κ2) is 14.9. The van der Waals surface area contributed by atoms with Gasteiger partial charge in [-0.15, -0.1) is 24.0 Å². The molecule has 23 heavy (non-hydrogen) atoms. The number of hydrogen-bond donors (Lipinski definition) is 2. The number of hydrogen-bond acceptors (Lipinski definition) is 4. The first kappa shape index (κ1) is 22.3. The first-order chi connectivity index (χ1) is 10.8. The van der Waals surface area contributed by atoms with Crippen LogP contribution < -0.4 is 15.4 Å². The molecule has 5 nitrogen and oxygen atoms in total. The van der Waals surface area contributed by atoms with Crippen LogP contribution in [0.2, 0.25) is 0 Å². The van der Waals surface area contributed by atoms with E-state index in [2.05, 4.69) is 33.8 Å². The summed E-state index contributed by atoms with van der Waals surface area (Å²) in [6.07, 6.45) is 7.36. The Morgan fingerprint density at radius 1 is 1.30 bits per heavy atom. The van der Waals surface area contributed by atoms with Crippen molar-refractivity contribution in [2.24, 2.45) is 4.99 Å². The first-order valence-electron chi connectivity index (χ1n) is 7.81. The molecule has 1 heterocycles. The standard InChI is InChI=1S/C16H28N4OS.HI/c1-4-10-21-15-8-7-14(12-19-15)13-20-16(17-2)18-9-5-6-11-22-3;/h7-8,12H,4-6,9-11,13H2,1-3H3,(H2,17,18,20);1H. The van der Waals surface area contributed by atoms with Crippen molar-refractivity contribution in [2.45, 2.75) is 32.7 Å². The fraction of sp³-hybridized carbons (Fsp3) is 0.625. The number of aliphatic imine (C=N–C) groups is 1. The van der Waals surface area contributed by atoms with Gasteiger partial charge in [0.1, 0.15) is 0 Å². The largest absolute Gasteiger partial charge is 0.478 e. The minimum Gasteiger partial charge on any atom is -0.478 e. The Morgan fingerprint density at radius 2 is 2.13 bits per heavy atom. The molecule has 0 atom stereocenters. The van der Waals surface area contributed by atoms with E-state index in [-0.39, 0.29) is 24.0 Å². The minimum atomic E-state index is 0. The zero-order valence-electron chi connectivity index (χ0n) is 14.3. The first-order valence-corrected chi connectivity index (χ1v) is 9.20. The van der Waals surface area contributed by atoms with E-state index < -0.39 is 0 Å². The Hall–Kier alpha value is -0.700. The molecule has 1 aromatic rings. The fourth-order valence-electron chi connectivity index (χ4n) is 1.79. The van der Waals surface area contributed by atoms with E-state index in [1.807, 2.05) is 30.1 Å². The van der Waals surface area contributed by atoms with Crippen LogP contribution in [-0.2, 0) is 6.54 Å². The molecule has 0 saturated heterocycles. The number of unbranched alkanes of at least 4 members (excludes halogenated alkanes) is 1. The average molecular weight is 452 g/mol. The summed E-state index contributed by atoms with van der Waals surface area (Å²) in [5, 5.41) is 6.61. The molecule has 0 radical (unpaired) electrons. The second-order valence-electron chi connectivity index (χ2n) is 4.91. The molecule has 0 aromatic carbocycles. The lowest BCUT2D eigenvalue weighted by molar-refractivity contribution is 0.305. The summed E-state index contributed by atoms with van der Waals surface area (Å²) < 4.78 is 5.47. The van der Waals surface area contributed by atoms with E-state index in [1.54, 1.807) is 7.05 Å². The van der Waals surface area contributed by atoms with Crippen LogP contribution in [0.3, 0.4) is 0 Å². The summed E-state index contributed by atoms with van der Waals surface area (Å²) >= 11 is 1.89. The van der Waals surface area contributed by atoms with Crippen molar-refractivity contribution in [3.8, 4) is 5.88 Å². The van der Waals surface area contributed by atoms with E-state index in [0.717, 1.165) is 30.9 Å². The summed E-state index contributed by atoms with van der Waals surface area (Å²) in [4.78, 5) is 8.51. The van der Waals surface area contributed by atoms with Gasteiger partial charge in [0.05, 0.1) is 6.61 Å². The summed E-state index contributed by atoms with van der Waals surface area (Å²) in [6, 6.07) is 3.93. The molecule has 0 aliphatic rings. The van der Waals surface area contributed by atoms with Crippen LogP contribution >= 0.6 is 35.7 Å². The number of rotatable bonds is 10. The van der Waals surface area contributed by atoms with Gasteiger partial charge in [0.25, 0.3) is 0 Å². The third-order valence-corrected chi connectivity index (χ3v) is 3.70. The molecule has 1 rings (SSSR count). The van der Waals surface area contributed by atoms with Gasteiger partial charge in [-0.25, -0.2) is 4.98 Å². The van der Waals surface area contributed by atoms with Gasteiger partial charge in [-0.2, -0.15) is 11.8 Å². The lowest BCUT2D eigenvalue weighted by atomic mass is 10.3. The van der Waals surface area contributed by atoms with Crippen molar-refractivity contribution in [3.63, 3.8) is 0 Å². The predicted octanol–water partition coefficient (Wildman–Crippen LogP) is 3.30. The van der Waals surface area contributed by atoms with Crippen molar-refractivity contribution in [3.05, 3.63) is 23.9 Å². The van der Waals surface area contributed by atoms with Gasteiger partial charge in [0.2, 0.25) is 5.88 Å². The highest BCUT2D eigenvalue weighted by molar-refractivity contribution is 14.0. The van der Waals surface area contributed by atoms with Crippen molar-refractivity contribution >= 4 is 41.7 Å². The third kappa shape index (κ3) is 10.6. The lowest BCUT2D eigenvalue weighted by Crippen LogP contribution is -2.37. The maximum Gasteiger partial charge on any atom is 0.213 e. The van der Waals surface area contributed by atoms with Crippen molar-refractivity contribution in [1.82, 2.24) is 15.6 Å². The summed E-state index contributed by atoms with van der Waals surface area (Å²) in [6.45, 7) is 4.43. The average Bonchev–Trinajstić information content (AvgIpc) is 2.56. The monoisotopic (exact) mass is 452 g/mol. The quantitative estimate of drug-likeness (QED) is 0.247. The van der Waals surface area contributed by atoms with Gasteiger partial charge in [-0.05, 0) is 36.8 Å². The van der Waals surface area contributed by atoms with Gasteiger partial charge in [-0.3, -0.25) is 4.99 Å². The highest BCUT2D eigenvalue weighted by atomic mass is 127. The van der Waals surface area contributed by atoms with Crippen molar-refractivity contribution in [2.75, 3.05) is 32.2 Å². The molecule has 1 aromatic heterocycles. The topological polar surface area (TPSA) is 58.5 Å². The Balaban J connectivity index is 0.00000484. The SMILES string of the molecule is CCCOc1ccc(CNC(=NC)NCCCCSC)cn1.I. The molecule has 0 fully saturated rings. The molecule has 0 unspecified atom stereocenters. The van der Waals surface area contributed by atoms with Gasteiger partial charge in [0, 0.05) is 32.4 Å². The number of halogens is 1. The second-order valence-corrected chi connectivity index (χ2v) is 5.89. The number of aromatic nitrogens is 1. The van der Waals surface area contributed by atoms with E-state index in [0.29, 0.717) is 19.0 Å². The molecule has 132 valence electrons. The smallest absolute Gasteiger partial charge is 0.213 e.